The molecule has 1 fully saturated rings. The Hall–Kier alpha value is -1.06. The third kappa shape index (κ3) is 3.83. The maximum atomic E-state index is 11.9. The lowest BCUT2D eigenvalue weighted by molar-refractivity contribution is -0.146. The fourth-order valence-electron chi connectivity index (χ4n) is 1.97. The highest BCUT2D eigenvalue weighted by Gasteiger charge is 2.29. The normalized spacial score (nSPS) is 21.9. The number of likely N-dealkylation sites (tertiary alicyclic amines) is 1. The molecular weight excluding hydrogens is 206 g/mol. The number of hydrogen-bond donors (Lipinski definition) is 1. The zero-order valence-corrected chi connectivity index (χ0v) is 10.3. The number of carbonyl (C=O) groups is 2. The van der Waals surface area contributed by atoms with E-state index in [1.54, 1.807) is 4.90 Å². The van der Waals surface area contributed by atoms with Crippen molar-refractivity contribution in [2.75, 3.05) is 13.1 Å². The molecule has 0 saturated carbocycles. The monoisotopic (exact) mass is 227 g/mol. The van der Waals surface area contributed by atoms with E-state index < -0.39 is 5.97 Å². The Morgan fingerprint density at radius 2 is 2.00 bits per heavy atom. The van der Waals surface area contributed by atoms with Gasteiger partial charge in [0.25, 0.3) is 0 Å². The summed E-state index contributed by atoms with van der Waals surface area (Å²) < 4.78 is 0. The van der Waals surface area contributed by atoms with Gasteiger partial charge in [-0.05, 0) is 18.3 Å². The van der Waals surface area contributed by atoms with Gasteiger partial charge < -0.3 is 10.0 Å². The summed E-state index contributed by atoms with van der Waals surface area (Å²) in [6.45, 7) is 7.14. The second-order valence-corrected chi connectivity index (χ2v) is 5.75. The van der Waals surface area contributed by atoms with Crippen molar-refractivity contribution in [1.82, 2.24) is 4.90 Å². The van der Waals surface area contributed by atoms with Crippen LogP contribution in [-0.4, -0.2) is 35.0 Å². The van der Waals surface area contributed by atoms with E-state index >= 15 is 0 Å². The van der Waals surface area contributed by atoms with E-state index in [1.165, 1.54) is 0 Å². The molecule has 0 aromatic rings. The number of nitrogens with zero attached hydrogens (tertiary/aromatic N) is 1. The molecule has 0 spiro atoms. The van der Waals surface area contributed by atoms with Crippen LogP contribution >= 0.6 is 0 Å². The van der Waals surface area contributed by atoms with Crippen LogP contribution in [0.2, 0.25) is 0 Å². The molecule has 0 bridgehead atoms. The van der Waals surface area contributed by atoms with Crippen LogP contribution in [0.3, 0.4) is 0 Å². The molecule has 0 aromatic heterocycles. The second-order valence-electron chi connectivity index (χ2n) is 5.75. The van der Waals surface area contributed by atoms with Crippen molar-refractivity contribution < 1.29 is 14.7 Å². The summed E-state index contributed by atoms with van der Waals surface area (Å²) in [5.74, 6) is -1.08. The molecule has 1 rings (SSSR count). The van der Waals surface area contributed by atoms with Gasteiger partial charge in [-0.3, -0.25) is 9.59 Å². The van der Waals surface area contributed by atoms with Crippen LogP contribution in [0.4, 0.5) is 0 Å². The summed E-state index contributed by atoms with van der Waals surface area (Å²) in [5, 5.41) is 8.93. The Morgan fingerprint density at radius 1 is 1.38 bits per heavy atom. The van der Waals surface area contributed by atoms with Crippen molar-refractivity contribution in [3.8, 4) is 0 Å². The van der Waals surface area contributed by atoms with E-state index in [0.29, 0.717) is 25.9 Å². The average molecular weight is 227 g/mol. The molecule has 1 N–H and O–H groups in total. The molecule has 1 heterocycles. The van der Waals surface area contributed by atoms with Crippen LogP contribution in [0.5, 0.6) is 0 Å². The van der Waals surface area contributed by atoms with E-state index in [0.717, 1.165) is 6.42 Å². The molecule has 0 aromatic carbocycles. The summed E-state index contributed by atoms with van der Waals surface area (Å²) in [5.41, 5.74) is -0.0345. The molecule has 1 unspecified atom stereocenters. The second kappa shape index (κ2) is 4.85. The standard InChI is InChI=1S/C12H21NO3/c1-12(2,3)7-10(14)13-6-4-5-9(8-13)11(15)16/h9H,4-8H2,1-3H3,(H,15,16). The van der Waals surface area contributed by atoms with Crippen LogP contribution in [0.25, 0.3) is 0 Å². The number of hydrogen-bond acceptors (Lipinski definition) is 2. The van der Waals surface area contributed by atoms with Gasteiger partial charge in [-0.15, -0.1) is 0 Å². The van der Waals surface area contributed by atoms with Crippen LogP contribution in [0.1, 0.15) is 40.0 Å². The molecule has 1 saturated heterocycles. The number of carboxylic acids is 1. The molecule has 16 heavy (non-hydrogen) atoms. The number of amides is 1. The highest BCUT2D eigenvalue weighted by atomic mass is 16.4. The van der Waals surface area contributed by atoms with Crippen molar-refractivity contribution in [3.05, 3.63) is 0 Å². The molecule has 1 amide bonds. The van der Waals surface area contributed by atoms with Crippen molar-refractivity contribution in [2.45, 2.75) is 40.0 Å². The van der Waals surface area contributed by atoms with Gasteiger partial charge in [0.2, 0.25) is 5.91 Å². The van der Waals surface area contributed by atoms with E-state index in [-0.39, 0.29) is 17.2 Å². The highest BCUT2D eigenvalue weighted by Crippen LogP contribution is 2.23. The number of rotatable bonds is 2. The predicted octanol–water partition coefficient (Wildman–Crippen LogP) is 1.75. The number of piperidine rings is 1. The fourth-order valence-corrected chi connectivity index (χ4v) is 1.97. The van der Waals surface area contributed by atoms with Gasteiger partial charge in [0.1, 0.15) is 0 Å². The van der Waals surface area contributed by atoms with Gasteiger partial charge >= 0.3 is 5.97 Å². The first-order chi connectivity index (χ1) is 7.29. The summed E-state index contributed by atoms with van der Waals surface area (Å²) >= 11 is 0. The maximum Gasteiger partial charge on any atom is 0.308 e. The van der Waals surface area contributed by atoms with Gasteiger partial charge in [0.05, 0.1) is 5.92 Å². The van der Waals surface area contributed by atoms with Gasteiger partial charge in [-0.25, -0.2) is 0 Å². The first-order valence-electron chi connectivity index (χ1n) is 5.80. The van der Waals surface area contributed by atoms with Crippen LogP contribution < -0.4 is 0 Å². The summed E-state index contributed by atoms with van der Waals surface area (Å²) in [7, 11) is 0. The SMILES string of the molecule is CC(C)(C)CC(=O)N1CCCC(C(=O)O)C1. The molecule has 4 nitrogen and oxygen atoms in total. The largest absolute Gasteiger partial charge is 0.481 e. The van der Waals surface area contributed by atoms with E-state index in [9.17, 15) is 9.59 Å². The third-order valence-corrected chi connectivity index (χ3v) is 2.80. The topological polar surface area (TPSA) is 57.6 Å². The number of aliphatic carboxylic acids is 1. The minimum absolute atomic E-state index is 0.0345. The third-order valence-electron chi connectivity index (χ3n) is 2.80. The summed E-state index contributed by atoms with van der Waals surface area (Å²) in [6, 6.07) is 0. The van der Waals surface area contributed by atoms with Crippen molar-refractivity contribution in [2.24, 2.45) is 11.3 Å². The lowest BCUT2D eigenvalue weighted by Gasteiger charge is -2.32. The van der Waals surface area contributed by atoms with Crippen molar-refractivity contribution >= 4 is 11.9 Å². The minimum Gasteiger partial charge on any atom is -0.481 e. The zero-order valence-electron chi connectivity index (χ0n) is 10.3. The molecule has 0 radical (unpaired) electrons. The van der Waals surface area contributed by atoms with Crippen LogP contribution in [0, 0.1) is 11.3 Å². The average Bonchev–Trinajstić information content (AvgIpc) is 2.15. The molecule has 1 aliphatic rings. The lowest BCUT2D eigenvalue weighted by Crippen LogP contribution is -2.43. The summed E-state index contributed by atoms with van der Waals surface area (Å²) in [4.78, 5) is 24.5. The Morgan fingerprint density at radius 3 is 2.50 bits per heavy atom. The van der Waals surface area contributed by atoms with Crippen molar-refractivity contribution in [3.63, 3.8) is 0 Å². The van der Waals surface area contributed by atoms with Gasteiger partial charge in [-0.2, -0.15) is 0 Å². The van der Waals surface area contributed by atoms with E-state index in [2.05, 4.69) is 0 Å². The number of carbonyl (C=O) groups excluding carboxylic acids is 1. The number of carboxylic acid groups (broad SMARTS) is 1. The quantitative estimate of drug-likeness (QED) is 0.781. The van der Waals surface area contributed by atoms with Gasteiger partial charge in [-0.1, -0.05) is 20.8 Å². The predicted molar refractivity (Wildman–Crippen MR) is 61.0 cm³/mol. The Kier molecular flexibility index (Phi) is 3.94. The first kappa shape index (κ1) is 13.0. The first-order valence-corrected chi connectivity index (χ1v) is 5.80. The van der Waals surface area contributed by atoms with Crippen LogP contribution in [-0.2, 0) is 9.59 Å². The molecule has 92 valence electrons. The molecule has 1 atom stereocenters. The van der Waals surface area contributed by atoms with E-state index in [1.807, 2.05) is 20.8 Å². The minimum atomic E-state index is -0.784. The van der Waals surface area contributed by atoms with Gasteiger partial charge in [0, 0.05) is 19.5 Å². The van der Waals surface area contributed by atoms with Crippen molar-refractivity contribution in [1.29, 1.82) is 0 Å². The Labute approximate surface area is 96.6 Å². The van der Waals surface area contributed by atoms with Crippen LogP contribution in [0.15, 0.2) is 0 Å². The summed E-state index contributed by atoms with van der Waals surface area (Å²) in [6.07, 6.45) is 1.97. The van der Waals surface area contributed by atoms with Gasteiger partial charge in [0.15, 0.2) is 0 Å². The Balaban J connectivity index is 2.54. The smallest absolute Gasteiger partial charge is 0.308 e. The fraction of sp³-hybridized carbons (Fsp3) is 0.833. The maximum absolute atomic E-state index is 11.9. The Bertz CT molecular complexity index is 280. The molecular formula is C12H21NO3. The molecule has 4 heteroatoms. The molecule has 1 aliphatic heterocycles. The highest BCUT2D eigenvalue weighted by molar-refractivity contribution is 5.78. The lowest BCUT2D eigenvalue weighted by atomic mass is 9.90. The van der Waals surface area contributed by atoms with E-state index in [4.69, 9.17) is 5.11 Å². The molecule has 0 aliphatic carbocycles. The zero-order chi connectivity index (χ0) is 12.3.